The van der Waals surface area contributed by atoms with Gasteiger partial charge in [-0.1, -0.05) is 0 Å². The molecule has 1 fully saturated rings. The van der Waals surface area contributed by atoms with Gasteiger partial charge in [0, 0.05) is 31.1 Å². The number of nitrogens with one attached hydrogen (secondary N) is 2. The van der Waals surface area contributed by atoms with E-state index in [0.29, 0.717) is 25.2 Å². The van der Waals surface area contributed by atoms with Crippen LogP contribution >= 0.6 is 0 Å². The van der Waals surface area contributed by atoms with E-state index in [1.165, 1.54) is 0 Å². The van der Waals surface area contributed by atoms with Crippen molar-refractivity contribution in [2.24, 2.45) is 5.41 Å². The van der Waals surface area contributed by atoms with Crippen LogP contribution < -0.4 is 10.6 Å². The van der Waals surface area contributed by atoms with Crippen LogP contribution in [-0.4, -0.2) is 26.3 Å². The van der Waals surface area contributed by atoms with Gasteiger partial charge in [0.2, 0.25) is 5.95 Å². The molecule has 10 heteroatoms. The fourth-order valence-electron chi connectivity index (χ4n) is 2.85. The highest BCUT2D eigenvalue weighted by molar-refractivity contribution is 5.58. The fraction of sp³-hybridized carbons (Fsp3) is 0.529. The molecule has 2 heterocycles. The molecule has 0 saturated heterocycles. The molecule has 0 spiro atoms. The molecule has 7 nitrogen and oxygen atoms in total. The molecule has 3 rings (SSSR count). The van der Waals surface area contributed by atoms with Gasteiger partial charge in [-0.3, -0.25) is 4.68 Å². The average Bonchev–Trinajstić information content (AvgIpc) is 3.27. The first-order chi connectivity index (χ1) is 12.8. The van der Waals surface area contributed by atoms with Crippen molar-refractivity contribution in [3.63, 3.8) is 0 Å². The lowest BCUT2D eigenvalue weighted by atomic mass is 10.0. The average molecular weight is 379 g/mol. The Morgan fingerprint density at radius 3 is 2.67 bits per heavy atom. The number of nitriles is 1. The highest BCUT2D eigenvalue weighted by Crippen LogP contribution is 2.50. The van der Waals surface area contributed by atoms with Gasteiger partial charge in [0.15, 0.2) is 0 Å². The minimum atomic E-state index is -4.53. The molecule has 27 heavy (non-hydrogen) atoms. The van der Waals surface area contributed by atoms with Gasteiger partial charge < -0.3 is 10.6 Å². The van der Waals surface area contributed by atoms with Crippen LogP contribution in [0.3, 0.4) is 0 Å². The molecule has 2 N–H and O–H groups in total. The summed E-state index contributed by atoms with van der Waals surface area (Å²) in [6.45, 7) is 4.49. The van der Waals surface area contributed by atoms with Crippen molar-refractivity contribution in [3.8, 4) is 6.07 Å². The molecule has 2 aromatic rings. The third-order valence-electron chi connectivity index (χ3n) is 4.68. The fourth-order valence-corrected chi connectivity index (χ4v) is 2.85. The van der Waals surface area contributed by atoms with Gasteiger partial charge in [0.1, 0.15) is 11.4 Å². The normalized spacial score (nSPS) is 15.3. The Kier molecular flexibility index (Phi) is 4.95. The lowest BCUT2D eigenvalue weighted by Gasteiger charge is -2.14. The predicted octanol–water partition coefficient (Wildman–Crippen LogP) is 3.87. The summed E-state index contributed by atoms with van der Waals surface area (Å²) < 4.78 is 40.9. The Morgan fingerprint density at radius 2 is 2.07 bits per heavy atom. The summed E-state index contributed by atoms with van der Waals surface area (Å²) in [6.07, 6.45) is 0.303. The van der Waals surface area contributed by atoms with E-state index < -0.39 is 11.7 Å². The molecule has 144 valence electrons. The van der Waals surface area contributed by atoms with Crippen molar-refractivity contribution in [2.45, 2.75) is 45.8 Å². The Balaban J connectivity index is 1.80. The number of hydrogen-bond donors (Lipinski definition) is 2. The van der Waals surface area contributed by atoms with Crippen LogP contribution in [0.4, 0.5) is 30.6 Å². The minimum Gasteiger partial charge on any atom is -0.370 e. The Hall–Kier alpha value is -2.83. The second-order valence-corrected chi connectivity index (χ2v) is 6.75. The highest BCUT2D eigenvalue weighted by Gasteiger charge is 2.43. The lowest BCUT2D eigenvalue weighted by Crippen LogP contribution is -2.15. The van der Waals surface area contributed by atoms with E-state index >= 15 is 0 Å². The van der Waals surface area contributed by atoms with Gasteiger partial charge in [-0.05, 0) is 26.7 Å². The maximum absolute atomic E-state index is 13.0. The lowest BCUT2D eigenvalue weighted by molar-refractivity contribution is -0.137. The van der Waals surface area contributed by atoms with Crippen molar-refractivity contribution >= 4 is 17.5 Å². The summed E-state index contributed by atoms with van der Waals surface area (Å²) in [5.41, 5.74) is 0.512. The quantitative estimate of drug-likeness (QED) is 0.759. The molecule has 2 aromatic heterocycles. The Labute approximate surface area is 154 Å². The number of halogens is 3. The van der Waals surface area contributed by atoms with E-state index in [0.717, 1.165) is 24.7 Å². The van der Waals surface area contributed by atoms with Gasteiger partial charge in [0.25, 0.3) is 0 Å². The van der Waals surface area contributed by atoms with Gasteiger partial charge >= 0.3 is 6.18 Å². The van der Waals surface area contributed by atoms with Gasteiger partial charge in [-0.15, -0.1) is 0 Å². The number of hydrogen-bond acceptors (Lipinski definition) is 6. The van der Waals surface area contributed by atoms with Crippen molar-refractivity contribution in [3.05, 3.63) is 23.7 Å². The van der Waals surface area contributed by atoms with Crippen LogP contribution in [0.1, 0.15) is 37.4 Å². The predicted molar refractivity (Wildman–Crippen MR) is 93.3 cm³/mol. The number of alkyl halides is 3. The molecule has 1 saturated carbocycles. The summed E-state index contributed by atoms with van der Waals surface area (Å²) >= 11 is 0. The summed E-state index contributed by atoms with van der Waals surface area (Å²) in [5.74, 6) is -0.210. The van der Waals surface area contributed by atoms with E-state index in [9.17, 15) is 13.2 Å². The third-order valence-corrected chi connectivity index (χ3v) is 4.68. The number of rotatable bonds is 7. The Morgan fingerprint density at radius 1 is 1.33 bits per heavy atom. The SMILES string of the molecule is CCNc1nc(Nc2cnn(CC3(CC#N)CC3)c2C)ncc1C(F)(F)F. The molecule has 1 aliphatic rings. The molecule has 0 aromatic carbocycles. The monoisotopic (exact) mass is 379 g/mol. The van der Waals surface area contributed by atoms with Crippen molar-refractivity contribution in [2.75, 3.05) is 17.2 Å². The largest absolute Gasteiger partial charge is 0.421 e. The Bertz CT molecular complexity index is 862. The molecule has 0 amide bonds. The zero-order chi connectivity index (χ0) is 19.7. The molecule has 0 atom stereocenters. The van der Waals surface area contributed by atoms with Crippen LogP contribution in [0.25, 0.3) is 0 Å². The summed E-state index contributed by atoms with van der Waals surface area (Å²) in [6, 6.07) is 2.22. The highest BCUT2D eigenvalue weighted by atomic mass is 19.4. The van der Waals surface area contributed by atoms with Gasteiger partial charge in [-0.2, -0.15) is 28.5 Å². The first-order valence-corrected chi connectivity index (χ1v) is 8.62. The maximum Gasteiger partial charge on any atom is 0.421 e. The molecule has 0 unspecified atom stereocenters. The van der Waals surface area contributed by atoms with Gasteiger partial charge in [0.05, 0.1) is 23.6 Å². The molecular weight excluding hydrogens is 359 g/mol. The van der Waals surface area contributed by atoms with E-state index in [1.54, 1.807) is 13.1 Å². The second-order valence-electron chi connectivity index (χ2n) is 6.75. The first-order valence-electron chi connectivity index (χ1n) is 8.62. The summed E-state index contributed by atoms with van der Waals surface area (Å²) in [4.78, 5) is 7.75. The van der Waals surface area contributed by atoms with Crippen LogP contribution in [0, 0.1) is 23.7 Å². The number of anilines is 3. The van der Waals surface area contributed by atoms with Crippen molar-refractivity contribution < 1.29 is 13.2 Å². The van der Waals surface area contributed by atoms with Crippen LogP contribution in [0.2, 0.25) is 0 Å². The van der Waals surface area contributed by atoms with Crippen molar-refractivity contribution in [1.29, 1.82) is 5.26 Å². The molecule has 1 aliphatic carbocycles. The van der Waals surface area contributed by atoms with E-state index in [4.69, 9.17) is 5.26 Å². The molecular formula is C17H20F3N7. The van der Waals surface area contributed by atoms with Crippen LogP contribution in [0.15, 0.2) is 12.4 Å². The summed E-state index contributed by atoms with van der Waals surface area (Å²) in [7, 11) is 0. The number of aromatic nitrogens is 4. The molecule has 0 bridgehead atoms. The summed E-state index contributed by atoms with van der Waals surface area (Å²) in [5, 5.41) is 18.8. The third kappa shape index (κ3) is 4.13. The number of nitrogens with zero attached hydrogens (tertiary/aromatic N) is 5. The van der Waals surface area contributed by atoms with Crippen LogP contribution in [-0.2, 0) is 12.7 Å². The van der Waals surface area contributed by atoms with E-state index in [1.807, 2.05) is 11.6 Å². The maximum atomic E-state index is 13.0. The minimum absolute atomic E-state index is 0.00806. The van der Waals surface area contributed by atoms with Crippen LogP contribution in [0.5, 0.6) is 0 Å². The first kappa shape index (κ1) is 18.9. The molecule has 0 aliphatic heterocycles. The second kappa shape index (κ2) is 7.06. The van der Waals surface area contributed by atoms with Gasteiger partial charge in [-0.25, -0.2) is 4.98 Å². The van der Waals surface area contributed by atoms with E-state index in [-0.39, 0.29) is 17.2 Å². The van der Waals surface area contributed by atoms with Crippen molar-refractivity contribution in [1.82, 2.24) is 19.7 Å². The van der Waals surface area contributed by atoms with E-state index in [2.05, 4.69) is 31.8 Å². The zero-order valence-electron chi connectivity index (χ0n) is 15.1. The smallest absolute Gasteiger partial charge is 0.370 e. The molecule has 0 radical (unpaired) electrons. The standard InChI is InChI=1S/C17H20F3N7/c1-3-22-14-12(17(18,19)20)8-23-15(26-14)25-13-9-24-27(11(13)2)10-16(4-5-16)6-7-21/h8-9H,3-6,10H2,1-2H3,(H2,22,23,25,26). The zero-order valence-corrected chi connectivity index (χ0v) is 15.1. The topological polar surface area (TPSA) is 91.5 Å².